The van der Waals surface area contributed by atoms with Crippen LogP contribution >= 0.6 is 27.3 Å². The zero-order valence-corrected chi connectivity index (χ0v) is 19.8. The van der Waals surface area contributed by atoms with E-state index in [0.29, 0.717) is 11.6 Å². The second-order valence-corrected chi connectivity index (χ2v) is 10.0. The van der Waals surface area contributed by atoms with Gasteiger partial charge in [0.05, 0.1) is 19.8 Å². The molecule has 180 valence electrons. The molecular formula is C20H13BrF3NO7S2. The number of rotatable bonds is 8. The molecule has 3 aromatic rings. The van der Waals surface area contributed by atoms with Crippen LogP contribution in [-0.2, 0) is 21.0 Å². The molecule has 3 N–H and O–H groups in total. The Morgan fingerprint density at radius 2 is 1.76 bits per heavy atom. The van der Waals surface area contributed by atoms with Crippen molar-refractivity contribution in [1.82, 2.24) is 0 Å². The number of hydrogen-bond donors (Lipinski definition) is 3. The van der Waals surface area contributed by atoms with Gasteiger partial charge in [0.2, 0.25) is 0 Å². The summed E-state index contributed by atoms with van der Waals surface area (Å²) < 4.78 is 72.5. The predicted octanol–water partition coefficient (Wildman–Crippen LogP) is 5.16. The Morgan fingerprint density at radius 3 is 2.38 bits per heavy atom. The van der Waals surface area contributed by atoms with Gasteiger partial charge in [0.15, 0.2) is 17.2 Å². The molecule has 0 aliphatic rings. The zero-order chi connectivity index (χ0) is 25.3. The maximum Gasteiger partial charge on any atom is 0.417 e. The molecule has 0 bridgehead atoms. The minimum atomic E-state index is -4.89. The number of aromatic carboxylic acids is 1. The lowest BCUT2D eigenvalue weighted by Crippen LogP contribution is -2.18. The molecule has 0 saturated heterocycles. The van der Waals surface area contributed by atoms with E-state index in [9.17, 15) is 36.3 Å². The number of anilines is 1. The van der Waals surface area contributed by atoms with Crippen LogP contribution in [-0.4, -0.2) is 37.2 Å². The van der Waals surface area contributed by atoms with Gasteiger partial charge in [-0.15, -0.1) is 11.3 Å². The number of benzene rings is 2. The van der Waals surface area contributed by atoms with Crippen molar-refractivity contribution in [3.8, 4) is 16.2 Å². The highest BCUT2D eigenvalue weighted by atomic mass is 79.9. The van der Waals surface area contributed by atoms with E-state index in [2.05, 4.69) is 20.7 Å². The Balaban J connectivity index is 2.00. The lowest BCUT2D eigenvalue weighted by atomic mass is 10.1. The van der Waals surface area contributed by atoms with Gasteiger partial charge in [-0.05, 0) is 45.8 Å². The molecule has 2 aromatic carbocycles. The Kier molecular flexibility index (Phi) is 7.24. The highest BCUT2D eigenvalue weighted by Crippen LogP contribution is 2.46. The first kappa shape index (κ1) is 25.5. The third-order valence-corrected chi connectivity index (χ3v) is 7.87. The lowest BCUT2D eigenvalue weighted by Gasteiger charge is -2.14. The fourth-order valence-electron chi connectivity index (χ4n) is 2.85. The van der Waals surface area contributed by atoms with E-state index in [-0.39, 0.29) is 25.7 Å². The number of sulfonamides is 1. The minimum absolute atomic E-state index is 0.0837. The number of ether oxygens (including phenoxy) is 1. The summed E-state index contributed by atoms with van der Waals surface area (Å²) in [6, 6.07) is 9.22. The predicted molar refractivity (Wildman–Crippen MR) is 120 cm³/mol. The first-order chi connectivity index (χ1) is 15.8. The van der Waals surface area contributed by atoms with Crippen molar-refractivity contribution in [3.63, 3.8) is 0 Å². The van der Waals surface area contributed by atoms with Crippen molar-refractivity contribution in [2.24, 2.45) is 0 Å². The molecule has 0 aliphatic carbocycles. The van der Waals surface area contributed by atoms with Crippen LogP contribution in [0.2, 0.25) is 0 Å². The van der Waals surface area contributed by atoms with Gasteiger partial charge in [0, 0.05) is 5.69 Å². The van der Waals surface area contributed by atoms with Gasteiger partial charge < -0.3 is 14.9 Å². The van der Waals surface area contributed by atoms with Crippen LogP contribution in [0.4, 0.5) is 18.9 Å². The molecule has 0 saturated carbocycles. The summed E-state index contributed by atoms with van der Waals surface area (Å²) in [5.74, 6) is -2.93. The summed E-state index contributed by atoms with van der Waals surface area (Å²) >= 11 is 3.91. The lowest BCUT2D eigenvalue weighted by molar-refractivity contribution is -0.140. The zero-order valence-electron chi connectivity index (χ0n) is 16.6. The molecule has 0 fully saturated rings. The second kappa shape index (κ2) is 9.64. The van der Waals surface area contributed by atoms with Gasteiger partial charge in [0.25, 0.3) is 10.0 Å². The van der Waals surface area contributed by atoms with Gasteiger partial charge in [-0.2, -0.15) is 13.2 Å². The summed E-state index contributed by atoms with van der Waals surface area (Å²) in [6.07, 6.45) is -4.89. The monoisotopic (exact) mass is 579 g/mol. The SMILES string of the molecule is O=C(O)COc1c(C(=O)O)sc(-c2cccc(NS(=O)(=O)c3ccccc3C(F)(F)F)c2)c1Br. The smallest absolute Gasteiger partial charge is 0.417 e. The Morgan fingerprint density at radius 1 is 1.09 bits per heavy atom. The normalized spacial score (nSPS) is 11.8. The first-order valence-electron chi connectivity index (χ1n) is 9.01. The molecule has 1 heterocycles. The number of carboxylic acids is 2. The van der Waals surface area contributed by atoms with E-state index in [1.807, 2.05) is 0 Å². The molecule has 0 amide bonds. The van der Waals surface area contributed by atoms with Gasteiger partial charge in [-0.1, -0.05) is 24.3 Å². The molecule has 3 rings (SSSR count). The number of alkyl halides is 3. The van der Waals surface area contributed by atoms with E-state index < -0.39 is 45.2 Å². The van der Waals surface area contributed by atoms with Crippen molar-refractivity contribution in [2.45, 2.75) is 11.1 Å². The topological polar surface area (TPSA) is 130 Å². The van der Waals surface area contributed by atoms with Crippen LogP contribution < -0.4 is 9.46 Å². The van der Waals surface area contributed by atoms with Gasteiger partial charge in [-0.3, -0.25) is 4.72 Å². The Labute approximate surface area is 202 Å². The first-order valence-corrected chi connectivity index (χ1v) is 12.1. The molecule has 34 heavy (non-hydrogen) atoms. The summed E-state index contributed by atoms with van der Waals surface area (Å²) in [7, 11) is -4.63. The van der Waals surface area contributed by atoms with E-state index in [1.54, 1.807) is 0 Å². The molecular weight excluding hydrogens is 567 g/mol. The van der Waals surface area contributed by atoms with Crippen molar-refractivity contribution in [2.75, 3.05) is 11.3 Å². The van der Waals surface area contributed by atoms with Crippen molar-refractivity contribution < 1.29 is 46.1 Å². The Bertz CT molecular complexity index is 1370. The summed E-state index contributed by atoms with van der Waals surface area (Å²) in [6.45, 7) is -0.798. The third-order valence-electron chi connectivity index (χ3n) is 4.20. The fourth-order valence-corrected chi connectivity index (χ4v) is 6.02. The molecule has 0 spiro atoms. The number of carboxylic acid groups (broad SMARTS) is 2. The number of aliphatic carboxylic acids is 1. The number of nitrogens with one attached hydrogen (secondary N) is 1. The summed E-state index contributed by atoms with van der Waals surface area (Å²) in [5, 5.41) is 18.2. The molecule has 0 radical (unpaired) electrons. The maximum atomic E-state index is 13.3. The molecule has 0 aliphatic heterocycles. The van der Waals surface area contributed by atoms with Crippen LogP contribution in [0.1, 0.15) is 15.2 Å². The molecule has 0 atom stereocenters. The second-order valence-electron chi connectivity index (χ2n) is 6.57. The average molecular weight is 580 g/mol. The van der Waals surface area contributed by atoms with Crippen molar-refractivity contribution in [3.05, 3.63) is 63.4 Å². The van der Waals surface area contributed by atoms with E-state index in [1.165, 1.54) is 24.3 Å². The largest absolute Gasteiger partial charge is 0.479 e. The van der Waals surface area contributed by atoms with Crippen molar-refractivity contribution in [1.29, 1.82) is 0 Å². The molecule has 0 unspecified atom stereocenters. The molecule has 1 aromatic heterocycles. The number of halogens is 4. The fraction of sp³-hybridized carbons (Fsp3) is 0.100. The van der Waals surface area contributed by atoms with Crippen molar-refractivity contribution >= 4 is 54.9 Å². The van der Waals surface area contributed by atoms with E-state index in [4.69, 9.17) is 9.84 Å². The number of thiophene rings is 1. The minimum Gasteiger partial charge on any atom is -0.479 e. The molecule has 8 nitrogen and oxygen atoms in total. The van der Waals surface area contributed by atoms with Gasteiger partial charge in [0.1, 0.15) is 0 Å². The maximum absolute atomic E-state index is 13.3. The van der Waals surface area contributed by atoms with Gasteiger partial charge in [-0.25, -0.2) is 18.0 Å². The van der Waals surface area contributed by atoms with Crippen LogP contribution in [0.3, 0.4) is 0 Å². The average Bonchev–Trinajstić information content (AvgIpc) is 3.08. The van der Waals surface area contributed by atoms with Crippen LogP contribution in [0.25, 0.3) is 10.4 Å². The third kappa shape index (κ3) is 5.51. The summed E-state index contributed by atoms with van der Waals surface area (Å²) in [5.41, 5.74) is -1.11. The van der Waals surface area contributed by atoms with Gasteiger partial charge >= 0.3 is 18.1 Å². The highest BCUT2D eigenvalue weighted by molar-refractivity contribution is 9.10. The van der Waals surface area contributed by atoms with E-state index in [0.717, 1.165) is 29.5 Å². The van der Waals surface area contributed by atoms with Crippen LogP contribution in [0.15, 0.2) is 57.9 Å². The Hall–Kier alpha value is -3.10. The highest BCUT2D eigenvalue weighted by Gasteiger charge is 2.37. The van der Waals surface area contributed by atoms with Crippen LogP contribution in [0.5, 0.6) is 5.75 Å². The van der Waals surface area contributed by atoms with Crippen LogP contribution in [0, 0.1) is 0 Å². The quantitative estimate of drug-likeness (QED) is 0.336. The number of hydrogen-bond acceptors (Lipinski definition) is 6. The van der Waals surface area contributed by atoms with E-state index >= 15 is 0 Å². The number of carbonyl (C=O) groups is 2. The standard InChI is InChI=1S/C20H13BrF3NO7S2/c21-15-16(32-9-14(26)27)18(19(28)29)33-17(15)10-4-3-5-11(8-10)25-34(30,31)13-7-2-1-6-12(13)20(22,23)24/h1-8,25H,9H2,(H,26,27)(H,28,29). The summed E-state index contributed by atoms with van der Waals surface area (Å²) in [4.78, 5) is 21.4. The molecule has 14 heteroatoms.